The lowest BCUT2D eigenvalue weighted by atomic mass is 10.1. The average molecular weight is 425 g/mol. The number of rotatable bonds is 7. The van der Waals surface area contributed by atoms with Crippen molar-refractivity contribution in [1.82, 2.24) is 4.98 Å². The number of nitrogens with one attached hydrogen (secondary N) is 2. The molecule has 0 radical (unpaired) electrons. The van der Waals surface area contributed by atoms with Crippen LogP contribution in [0.5, 0.6) is 0 Å². The summed E-state index contributed by atoms with van der Waals surface area (Å²) >= 11 is 1.05. The number of amides is 2. The van der Waals surface area contributed by atoms with Gasteiger partial charge in [0.1, 0.15) is 5.69 Å². The minimum atomic E-state index is -1.33. The van der Waals surface area contributed by atoms with Gasteiger partial charge in [0.15, 0.2) is 5.13 Å². The Labute approximate surface area is 174 Å². The Balaban J connectivity index is 1.68. The first-order chi connectivity index (χ1) is 14.3. The van der Waals surface area contributed by atoms with Gasteiger partial charge >= 0.3 is 11.9 Å². The first-order valence-corrected chi connectivity index (χ1v) is 9.42. The molecule has 0 saturated carbocycles. The van der Waals surface area contributed by atoms with E-state index in [-0.39, 0.29) is 40.0 Å². The zero-order valence-corrected chi connectivity index (χ0v) is 16.1. The summed E-state index contributed by atoms with van der Waals surface area (Å²) in [4.78, 5) is 50.9. The molecule has 3 aromatic rings. The minimum Gasteiger partial charge on any atom is -0.478 e. The maximum absolute atomic E-state index is 12.4. The number of hydrogen-bond donors (Lipinski definition) is 4. The zero-order chi connectivity index (χ0) is 21.7. The third kappa shape index (κ3) is 5.26. The van der Waals surface area contributed by atoms with E-state index in [0.29, 0.717) is 0 Å². The summed E-state index contributed by atoms with van der Waals surface area (Å²) in [6, 6.07) is 12.4. The Morgan fingerprint density at radius 1 is 0.900 bits per heavy atom. The van der Waals surface area contributed by atoms with Crippen LogP contribution in [0.1, 0.15) is 36.8 Å². The molecule has 3 rings (SSSR count). The Kier molecular flexibility index (Phi) is 6.18. The number of nitrogens with zero attached hydrogens (tertiary/aromatic N) is 1. The van der Waals surface area contributed by atoms with Crippen molar-refractivity contribution in [2.45, 2.75) is 6.42 Å². The maximum atomic E-state index is 12.4. The second kappa shape index (κ2) is 8.97. The standard InChI is InChI=1S/C20H15N3O6S/c24-16(6-11-4-2-1-3-5-11)23-20-22-15(10-30-20)17(25)21-14-8-12(18(26)27)7-13(9-14)19(28)29/h1-5,7-10H,6H2,(H,21,25)(H,26,27)(H,28,29)(H,22,23,24). The fourth-order valence-corrected chi connectivity index (χ4v) is 3.23. The van der Waals surface area contributed by atoms with E-state index in [1.54, 1.807) is 0 Å². The van der Waals surface area contributed by atoms with E-state index in [9.17, 15) is 19.2 Å². The van der Waals surface area contributed by atoms with Crippen LogP contribution in [-0.4, -0.2) is 39.0 Å². The summed E-state index contributed by atoms with van der Waals surface area (Å²) in [5, 5.41) is 24.9. The van der Waals surface area contributed by atoms with Gasteiger partial charge in [0.25, 0.3) is 5.91 Å². The van der Waals surface area contributed by atoms with Gasteiger partial charge in [-0.25, -0.2) is 14.6 Å². The van der Waals surface area contributed by atoms with Gasteiger partial charge in [-0.05, 0) is 23.8 Å². The number of anilines is 2. The number of aromatic nitrogens is 1. The van der Waals surface area contributed by atoms with Crippen LogP contribution in [-0.2, 0) is 11.2 Å². The van der Waals surface area contributed by atoms with Crippen molar-refractivity contribution < 1.29 is 29.4 Å². The third-order valence-electron chi connectivity index (χ3n) is 3.88. The molecule has 0 unspecified atom stereocenters. The molecular weight excluding hydrogens is 410 g/mol. The van der Waals surface area contributed by atoms with Crippen molar-refractivity contribution in [2.75, 3.05) is 10.6 Å². The van der Waals surface area contributed by atoms with E-state index in [0.717, 1.165) is 35.1 Å². The van der Waals surface area contributed by atoms with E-state index in [1.165, 1.54) is 5.38 Å². The highest BCUT2D eigenvalue weighted by molar-refractivity contribution is 7.14. The lowest BCUT2D eigenvalue weighted by molar-refractivity contribution is -0.115. The smallest absolute Gasteiger partial charge is 0.335 e. The van der Waals surface area contributed by atoms with Gasteiger partial charge < -0.3 is 20.8 Å². The summed E-state index contributed by atoms with van der Waals surface area (Å²) in [5.41, 5.74) is 0.263. The zero-order valence-electron chi connectivity index (χ0n) is 15.3. The van der Waals surface area contributed by atoms with Crippen LogP contribution in [0, 0.1) is 0 Å². The molecule has 0 atom stereocenters. The summed E-state index contributed by atoms with van der Waals surface area (Å²) in [7, 11) is 0. The van der Waals surface area contributed by atoms with E-state index in [1.807, 2.05) is 30.3 Å². The van der Waals surface area contributed by atoms with Gasteiger partial charge in [0.2, 0.25) is 5.91 Å². The monoisotopic (exact) mass is 425 g/mol. The summed E-state index contributed by atoms with van der Waals surface area (Å²) in [6.45, 7) is 0. The van der Waals surface area contributed by atoms with Crippen LogP contribution in [0.4, 0.5) is 10.8 Å². The summed E-state index contributed by atoms with van der Waals surface area (Å²) in [6.07, 6.45) is 0.155. The Morgan fingerprint density at radius 2 is 1.53 bits per heavy atom. The highest BCUT2D eigenvalue weighted by atomic mass is 32.1. The number of thiazole rings is 1. The van der Waals surface area contributed by atoms with E-state index < -0.39 is 17.8 Å². The Bertz CT molecular complexity index is 1090. The highest BCUT2D eigenvalue weighted by Gasteiger charge is 2.16. The molecule has 0 spiro atoms. The molecule has 152 valence electrons. The quantitative estimate of drug-likeness (QED) is 0.455. The molecule has 10 heteroatoms. The Morgan fingerprint density at radius 3 is 2.13 bits per heavy atom. The van der Waals surface area contributed by atoms with Gasteiger partial charge in [-0.3, -0.25) is 9.59 Å². The molecule has 1 heterocycles. The molecule has 0 aliphatic rings. The predicted octanol–water partition coefficient (Wildman–Crippen LogP) is 2.97. The highest BCUT2D eigenvalue weighted by Crippen LogP contribution is 2.19. The lowest BCUT2D eigenvalue weighted by Gasteiger charge is -2.06. The molecule has 30 heavy (non-hydrogen) atoms. The van der Waals surface area contributed by atoms with Crippen LogP contribution in [0.25, 0.3) is 0 Å². The van der Waals surface area contributed by atoms with Crippen molar-refractivity contribution in [2.24, 2.45) is 0 Å². The maximum Gasteiger partial charge on any atom is 0.335 e. The second-order valence-electron chi connectivity index (χ2n) is 6.11. The number of carboxylic acid groups (broad SMARTS) is 2. The van der Waals surface area contributed by atoms with Crippen molar-refractivity contribution in [3.05, 3.63) is 76.3 Å². The molecule has 2 amide bonds. The third-order valence-corrected chi connectivity index (χ3v) is 4.63. The average Bonchev–Trinajstić information content (AvgIpc) is 3.16. The number of carboxylic acids is 2. The first kappa shape index (κ1) is 20.7. The largest absolute Gasteiger partial charge is 0.478 e. The predicted molar refractivity (Wildman–Crippen MR) is 109 cm³/mol. The van der Waals surface area contributed by atoms with E-state index in [2.05, 4.69) is 15.6 Å². The molecule has 0 bridgehead atoms. The summed E-state index contributed by atoms with van der Waals surface area (Å²) < 4.78 is 0. The molecule has 1 aromatic heterocycles. The van der Waals surface area contributed by atoms with Crippen molar-refractivity contribution in [1.29, 1.82) is 0 Å². The van der Waals surface area contributed by atoms with E-state index >= 15 is 0 Å². The Hall–Kier alpha value is -4.05. The molecule has 4 N–H and O–H groups in total. The number of carbonyl (C=O) groups is 4. The topological polar surface area (TPSA) is 146 Å². The normalized spacial score (nSPS) is 10.3. The number of hydrogen-bond acceptors (Lipinski definition) is 6. The molecule has 0 aliphatic heterocycles. The minimum absolute atomic E-state index is 0.0000341. The van der Waals surface area contributed by atoms with Crippen LogP contribution < -0.4 is 10.6 Å². The molecule has 2 aromatic carbocycles. The van der Waals surface area contributed by atoms with Gasteiger partial charge in [0.05, 0.1) is 17.5 Å². The first-order valence-electron chi connectivity index (χ1n) is 8.54. The molecule has 0 saturated heterocycles. The SMILES string of the molecule is O=C(Cc1ccccc1)Nc1nc(C(=O)Nc2cc(C(=O)O)cc(C(=O)O)c2)cs1. The fourth-order valence-electron chi connectivity index (χ4n) is 2.52. The van der Waals surface area contributed by atoms with Crippen LogP contribution in [0.15, 0.2) is 53.9 Å². The second-order valence-corrected chi connectivity index (χ2v) is 6.97. The number of carbonyl (C=O) groups excluding carboxylic acids is 2. The van der Waals surface area contributed by atoms with Crippen LogP contribution in [0.3, 0.4) is 0 Å². The van der Waals surface area contributed by atoms with Gasteiger partial charge in [-0.2, -0.15) is 0 Å². The molecular formula is C20H15N3O6S. The van der Waals surface area contributed by atoms with Crippen LogP contribution in [0.2, 0.25) is 0 Å². The number of benzene rings is 2. The van der Waals surface area contributed by atoms with Gasteiger partial charge in [-0.1, -0.05) is 30.3 Å². The summed E-state index contributed by atoms with van der Waals surface area (Å²) in [5.74, 6) is -3.62. The van der Waals surface area contributed by atoms with E-state index in [4.69, 9.17) is 10.2 Å². The lowest BCUT2D eigenvalue weighted by Crippen LogP contribution is -2.16. The molecule has 9 nitrogen and oxygen atoms in total. The number of aromatic carboxylic acids is 2. The van der Waals surface area contributed by atoms with Crippen molar-refractivity contribution in [3.8, 4) is 0 Å². The van der Waals surface area contributed by atoms with Crippen molar-refractivity contribution >= 4 is 45.9 Å². The van der Waals surface area contributed by atoms with Gasteiger partial charge in [-0.15, -0.1) is 11.3 Å². The van der Waals surface area contributed by atoms with Crippen molar-refractivity contribution in [3.63, 3.8) is 0 Å². The molecule has 0 fully saturated rings. The fraction of sp³-hybridized carbons (Fsp3) is 0.0500. The molecule has 0 aliphatic carbocycles. The van der Waals surface area contributed by atoms with Crippen LogP contribution >= 0.6 is 11.3 Å². The van der Waals surface area contributed by atoms with Gasteiger partial charge in [0, 0.05) is 11.1 Å².